The highest BCUT2D eigenvalue weighted by Gasteiger charge is 2.14. The molecule has 17 heavy (non-hydrogen) atoms. The molecular formula is C12H14ClN3O. The van der Waals surface area contributed by atoms with Crippen molar-refractivity contribution in [3.63, 3.8) is 0 Å². The van der Waals surface area contributed by atoms with Crippen molar-refractivity contribution in [3.05, 3.63) is 35.0 Å². The maximum Gasteiger partial charge on any atom is 0.128 e. The molecule has 4 nitrogen and oxygen atoms in total. The van der Waals surface area contributed by atoms with Gasteiger partial charge in [0.15, 0.2) is 0 Å². The summed E-state index contributed by atoms with van der Waals surface area (Å²) in [4.78, 5) is 0. The average molecular weight is 252 g/mol. The highest BCUT2D eigenvalue weighted by atomic mass is 35.5. The Morgan fingerprint density at radius 3 is 2.88 bits per heavy atom. The van der Waals surface area contributed by atoms with Crippen molar-refractivity contribution in [2.24, 2.45) is 12.8 Å². The number of nitrogens with zero attached hydrogens (tertiary/aromatic N) is 2. The predicted molar refractivity (Wildman–Crippen MR) is 68.1 cm³/mol. The Labute approximate surface area is 105 Å². The molecule has 0 amide bonds. The molecule has 0 atom stereocenters. The van der Waals surface area contributed by atoms with Gasteiger partial charge >= 0.3 is 0 Å². The summed E-state index contributed by atoms with van der Waals surface area (Å²) in [5.41, 5.74) is 8.35. The van der Waals surface area contributed by atoms with E-state index in [1.165, 1.54) is 0 Å². The minimum atomic E-state index is 0.429. The normalized spacial score (nSPS) is 10.6. The van der Waals surface area contributed by atoms with Gasteiger partial charge < -0.3 is 10.5 Å². The van der Waals surface area contributed by atoms with Crippen LogP contribution in [-0.4, -0.2) is 16.9 Å². The Morgan fingerprint density at radius 2 is 2.24 bits per heavy atom. The van der Waals surface area contributed by atoms with Crippen molar-refractivity contribution in [1.29, 1.82) is 0 Å². The van der Waals surface area contributed by atoms with E-state index in [1.54, 1.807) is 17.9 Å². The number of aryl methyl sites for hydroxylation is 1. The number of hydrogen-bond donors (Lipinski definition) is 1. The number of nitrogens with two attached hydrogens (primary N) is 1. The fourth-order valence-corrected chi connectivity index (χ4v) is 1.95. The maximum atomic E-state index is 6.00. The third-order valence-corrected chi connectivity index (χ3v) is 2.78. The molecule has 0 spiro atoms. The second-order valence-electron chi connectivity index (χ2n) is 3.73. The van der Waals surface area contributed by atoms with Crippen LogP contribution < -0.4 is 10.5 Å². The lowest BCUT2D eigenvalue weighted by Crippen LogP contribution is -1.97. The number of hydrogen-bond acceptors (Lipinski definition) is 3. The standard InChI is InChI=1S/C12H14ClN3O/c1-16-7-8(6-14)12(15-16)10-5-9(13)3-4-11(10)17-2/h3-5,7H,6,14H2,1-2H3. The van der Waals surface area contributed by atoms with Gasteiger partial charge in [0.1, 0.15) is 11.4 Å². The number of methoxy groups -OCH3 is 1. The number of benzene rings is 1. The first-order chi connectivity index (χ1) is 8.15. The molecule has 0 fully saturated rings. The zero-order chi connectivity index (χ0) is 12.4. The molecule has 0 aliphatic carbocycles. The lowest BCUT2D eigenvalue weighted by atomic mass is 10.1. The van der Waals surface area contributed by atoms with E-state index in [0.29, 0.717) is 11.6 Å². The van der Waals surface area contributed by atoms with Crippen molar-refractivity contribution in [2.75, 3.05) is 7.11 Å². The first kappa shape index (κ1) is 12.0. The molecule has 2 N–H and O–H groups in total. The summed E-state index contributed by atoms with van der Waals surface area (Å²) in [5, 5.41) is 5.05. The van der Waals surface area contributed by atoms with Gasteiger partial charge in [-0.15, -0.1) is 0 Å². The molecule has 2 rings (SSSR count). The second kappa shape index (κ2) is 4.77. The molecule has 0 aliphatic rings. The third-order valence-electron chi connectivity index (χ3n) is 2.54. The molecule has 0 saturated heterocycles. The summed E-state index contributed by atoms with van der Waals surface area (Å²) < 4.78 is 7.05. The SMILES string of the molecule is COc1ccc(Cl)cc1-c1nn(C)cc1CN. The predicted octanol–water partition coefficient (Wildman–Crippen LogP) is 2.21. The van der Waals surface area contributed by atoms with Crippen LogP contribution in [0.3, 0.4) is 0 Å². The molecule has 0 bridgehead atoms. The van der Waals surface area contributed by atoms with Crippen LogP contribution in [0, 0.1) is 0 Å². The summed E-state index contributed by atoms with van der Waals surface area (Å²) in [7, 11) is 3.48. The smallest absolute Gasteiger partial charge is 0.128 e. The van der Waals surface area contributed by atoms with E-state index in [9.17, 15) is 0 Å². The summed E-state index contributed by atoms with van der Waals surface area (Å²) in [6, 6.07) is 5.45. The highest BCUT2D eigenvalue weighted by molar-refractivity contribution is 6.31. The number of aromatic nitrogens is 2. The van der Waals surface area contributed by atoms with Crippen LogP contribution >= 0.6 is 11.6 Å². The van der Waals surface area contributed by atoms with Crippen LogP contribution in [0.4, 0.5) is 0 Å². The maximum absolute atomic E-state index is 6.00. The second-order valence-corrected chi connectivity index (χ2v) is 4.16. The monoisotopic (exact) mass is 251 g/mol. The molecule has 0 unspecified atom stereocenters. The fourth-order valence-electron chi connectivity index (χ4n) is 1.78. The van der Waals surface area contributed by atoms with E-state index in [4.69, 9.17) is 22.1 Å². The lowest BCUT2D eigenvalue weighted by Gasteiger charge is -2.08. The van der Waals surface area contributed by atoms with Crippen LogP contribution in [0.1, 0.15) is 5.56 Å². The van der Waals surface area contributed by atoms with Crippen LogP contribution in [0.2, 0.25) is 5.02 Å². The van der Waals surface area contributed by atoms with Crippen LogP contribution in [0.25, 0.3) is 11.3 Å². The number of ether oxygens (including phenoxy) is 1. The van der Waals surface area contributed by atoms with E-state index in [1.807, 2.05) is 25.4 Å². The van der Waals surface area contributed by atoms with E-state index >= 15 is 0 Å². The van der Waals surface area contributed by atoms with Crippen LogP contribution in [0.5, 0.6) is 5.75 Å². The third kappa shape index (κ3) is 2.28. The summed E-state index contributed by atoms with van der Waals surface area (Å²) in [6.45, 7) is 0.429. The minimum absolute atomic E-state index is 0.429. The summed E-state index contributed by atoms with van der Waals surface area (Å²) >= 11 is 6.00. The molecule has 5 heteroatoms. The minimum Gasteiger partial charge on any atom is -0.496 e. The van der Waals surface area contributed by atoms with Gasteiger partial charge in [-0.2, -0.15) is 5.10 Å². The van der Waals surface area contributed by atoms with Crippen molar-refractivity contribution in [1.82, 2.24) is 9.78 Å². The molecule has 2 aromatic rings. The fraction of sp³-hybridized carbons (Fsp3) is 0.250. The zero-order valence-corrected chi connectivity index (χ0v) is 10.5. The van der Waals surface area contributed by atoms with E-state index in [0.717, 1.165) is 22.6 Å². The van der Waals surface area contributed by atoms with Gasteiger partial charge in [0.25, 0.3) is 0 Å². The number of rotatable bonds is 3. The van der Waals surface area contributed by atoms with Gasteiger partial charge in [-0.3, -0.25) is 4.68 Å². The lowest BCUT2D eigenvalue weighted by molar-refractivity contribution is 0.416. The largest absolute Gasteiger partial charge is 0.496 e. The van der Waals surface area contributed by atoms with Gasteiger partial charge in [0.2, 0.25) is 0 Å². The molecule has 1 aromatic heterocycles. The van der Waals surface area contributed by atoms with Crippen LogP contribution in [0.15, 0.2) is 24.4 Å². The Kier molecular flexibility index (Phi) is 3.36. The molecular weight excluding hydrogens is 238 g/mol. The summed E-state index contributed by atoms with van der Waals surface area (Å²) in [5.74, 6) is 0.739. The molecule has 1 heterocycles. The van der Waals surface area contributed by atoms with Gasteiger partial charge in [-0.1, -0.05) is 11.6 Å². The number of halogens is 1. The first-order valence-corrected chi connectivity index (χ1v) is 5.60. The quantitative estimate of drug-likeness (QED) is 0.910. The Balaban J connectivity index is 2.61. The molecule has 1 aromatic carbocycles. The Morgan fingerprint density at radius 1 is 1.47 bits per heavy atom. The Hall–Kier alpha value is -1.52. The van der Waals surface area contributed by atoms with Crippen molar-refractivity contribution < 1.29 is 4.74 Å². The van der Waals surface area contributed by atoms with Crippen molar-refractivity contribution in [3.8, 4) is 17.0 Å². The molecule has 0 aliphatic heterocycles. The Bertz CT molecular complexity index is 537. The van der Waals surface area contributed by atoms with Crippen molar-refractivity contribution >= 4 is 11.6 Å². The molecule has 90 valence electrons. The highest BCUT2D eigenvalue weighted by Crippen LogP contribution is 2.33. The first-order valence-electron chi connectivity index (χ1n) is 5.22. The van der Waals surface area contributed by atoms with E-state index < -0.39 is 0 Å². The van der Waals surface area contributed by atoms with Gasteiger partial charge in [0.05, 0.1) is 7.11 Å². The average Bonchev–Trinajstić information content (AvgIpc) is 2.70. The van der Waals surface area contributed by atoms with Gasteiger partial charge in [0, 0.05) is 35.9 Å². The van der Waals surface area contributed by atoms with Crippen molar-refractivity contribution in [2.45, 2.75) is 6.54 Å². The van der Waals surface area contributed by atoms with Gasteiger partial charge in [-0.25, -0.2) is 0 Å². The topological polar surface area (TPSA) is 53.1 Å². The van der Waals surface area contributed by atoms with E-state index in [2.05, 4.69) is 5.10 Å². The zero-order valence-electron chi connectivity index (χ0n) is 9.77. The summed E-state index contributed by atoms with van der Waals surface area (Å²) in [6.07, 6.45) is 1.90. The molecule has 0 saturated carbocycles. The van der Waals surface area contributed by atoms with E-state index in [-0.39, 0.29) is 0 Å². The molecule has 0 radical (unpaired) electrons. The van der Waals surface area contributed by atoms with Crippen LogP contribution in [-0.2, 0) is 13.6 Å². The van der Waals surface area contributed by atoms with Gasteiger partial charge in [-0.05, 0) is 18.2 Å².